The largest absolute Gasteiger partial charge is 0.381 e. The monoisotopic (exact) mass is 1550 g/mol. The molecule has 18 nitrogen and oxygen atoms in total. The first kappa shape index (κ1) is 104. The highest BCUT2D eigenvalue weighted by atomic mass is 32.2. The molecular formula is C90H159N5O13S. The molecule has 628 valence electrons. The minimum atomic E-state index is -1.78. The van der Waals surface area contributed by atoms with Crippen molar-refractivity contribution in [2.75, 3.05) is 83.9 Å². The molecule has 5 saturated heterocycles. The van der Waals surface area contributed by atoms with E-state index in [4.69, 9.17) is 14.2 Å². The predicted octanol–water partition coefficient (Wildman–Crippen LogP) is 17.6. The van der Waals surface area contributed by atoms with Gasteiger partial charge in [0.2, 0.25) is 0 Å². The van der Waals surface area contributed by atoms with Gasteiger partial charge in [-0.05, 0) is 127 Å². The van der Waals surface area contributed by atoms with Gasteiger partial charge in [0.25, 0.3) is 0 Å². The number of aromatic amines is 1. The molecule has 19 heteroatoms. The Balaban J connectivity index is 0.00000120. The van der Waals surface area contributed by atoms with E-state index in [2.05, 4.69) is 31.3 Å². The van der Waals surface area contributed by atoms with E-state index in [0.717, 1.165) is 160 Å². The zero-order valence-electron chi connectivity index (χ0n) is 71.3. The highest BCUT2D eigenvalue weighted by Gasteiger charge is 2.26. The lowest BCUT2D eigenvalue weighted by molar-refractivity contribution is -0.127. The summed E-state index contributed by atoms with van der Waals surface area (Å²) < 4.78 is 27.0. The Kier molecular flexibility index (Phi) is 58.1. The molecule has 7 aliphatic rings. The summed E-state index contributed by atoms with van der Waals surface area (Å²) in [6.07, 6.45) is 32.4. The molecule has 109 heavy (non-hydrogen) atoms. The standard InChI is InChI=1S/C11H21NO2.C11H15NO.C11H20O2S.C11H20O.C10H19NO.C10H18O.C9H16O2.C8H12N2O.C8H14O2.CH4/c1-10(2)11(13)4-3-5-12-6-8-14-9-7-12;1-9(2)11(13)6-5-10-4-3-7-12-8-10;1-9(2)11(12)8-10-4-6-14(3,13)7-5-10;1-9(2)11(12)8-10-6-4-3-5-7-10;1-8(2)10(12)7-9-3-5-11-6-4-9;1-8(2)10(11)7-9-5-3-4-6-9;1-7(2)9(10)5-8-3-4-11-6-8;1-6(2)8(11)3-7-4-9-10-5-7;1-6(2)8(9)3-7-4-10-5-7;/h10H,3-9H2,1-2H3;3-4,7-9H,5-6H2,1-2H3;9-10H,3-8H2,1-2H3;9-10H,3-8H2,1-2H3;8-9,11H,3-7H2,1-2H3;8-9H,3-7H2,1-2H3;7-8H,3-6H2,1-2H3;4-6H,3H2,1-2H3,(H,9,10);6-7H,3-5H2,1-2H3;1H4. The van der Waals surface area contributed by atoms with Gasteiger partial charge in [-0.25, -0.2) is 0 Å². The topological polar surface area (TPSA) is 255 Å². The zero-order chi connectivity index (χ0) is 81.2. The maximum absolute atomic E-state index is 11.6. The average Bonchev–Trinajstić information content (AvgIpc) is 1.57. The van der Waals surface area contributed by atoms with Gasteiger partial charge in [-0.1, -0.05) is 196 Å². The molecule has 2 aromatic rings. The molecule has 0 radical (unpaired) electrons. The summed E-state index contributed by atoms with van der Waals surface area (Å²) >= 11 is 0. The van der Waals surface area contributed by atoms with Gasteiger partial charge < -0.3 is 19.5 Å². The summed E-state index contributed by atoms with van der Waals surface area (Å²) in [6, 6.07) is 3.90. The molecule has 7 heterocycles. The van der Waals surface area contributed by atoms with Crippen LogP contribution in [0, 0.1) is 88.8 Å². The number of nitrogens with one attached hydrogen (secondary N) is 2. The first-order valence-electron chi connectivity index (χ1n) is 42.1. The third kappa shape index (κ3) is 53.0. The Bertz CT molecular complexity index is 2790. The third-order valence-corrected chi connectivity index (χ3v) is 23.2. The van der Waals surface area contributed by atoms with Crippen LogP contribution in [0.3, 0.4) is 0 Å². The highest BCUT2D eigenvalue weighted by Crippen LogP contribution is 2.30. The van der Waals surface area contributed by atoms with Gasteiger partial charge in [-0.3, -0.25) is 62.3 Å². The van der Waals surface area contributed by atoms with Crippen molar-refractivity contribution in [2.45, 2.75) is 293 Å². The maximum Gasteiger partial charge on any atom is 0.139 e. The van der Waals surface area contributed by atoms with Crippen LogP contribution in [0.5, 0.6) is 0 Å². The molecule has 0 bridgehead atoms. The van der Waals surface area contributed by atoms with Crippen molar-refractivity contribution < 1.29 is 61.6 Å². The van der Waals surface area contributed by atoms with Crippen LogP contribution in [0.15, 0.2) is 36.9 Å². The summed E-state index contributed by atoms with van der Waals surface area (Å²) in [7, 11) is -1.78. The fraction of sp³-hybridized carbons (Fsp3) is 0.800. The van der Waals surface area contributed by atoms with Crippen LogP contribution in [0.2, 0.25) is 0 Å². The number of carbonyl (C=O) groups excluding carboxylic acids is 9. The van der Waals surface area contributed by atoms with Gasteiger partial charge >= 0.3 is 0 Å². The molecule has 0 aromatic carbocycles. The normalized spacial score (nSPS) is 19.6. The summed E-state index contributed by atoms with van der Waals surface area (Å²) in [5.41, 5.74) is 2.10. The van der Waals surface area contributed by atoms with Gasteiger partial charge in [0.15, 0.2) is 0 Å². The van der Waals surface area contributed by atoms with Crippen LogP contribution < -0.4 is 5.32 Å². The first-order valence-corrected chi connectivity index (χ1v) is 44.2. The van der Waals surface area contributed by atoms with Crippen LogP contribution in [-0.2, 0) is 79.7 Å². The van der Waals surface area contributed by atoms with Crippen LogP contribution in [-0.4, -0.2) is 166 Å². The zero-order valence-corrected chi connectivity index (χ0v) is 72.1. The number of ketones is 9. The minimum Gasteiger partial charge on any atom is -0.381 e. The second kappa shape index (κ2) is 60.8. The first-order chi connectivity index (χ1) is 51.0. The number of ether oxygens (including phenoxy) is 3. The number of nitrogens with zero attached hydrogens (tertiary/aromatic N) is 3. The van der Waals surface area contributed by atoms with E-state index < -0.39 is 9.52 Å². The number of hydrogen-bond acceptors (Lipinski definition) is 17. The molecule has 1 atom stereocenters. The lowest BCUT2D eigenvalue weighted by Gasteiger charge is -2.26. The molecule has 9 rings (SSSR count). The van der Waals surface area contributed by atoms with Crippen LogP contribution in [0.1, 0.15) is 291 Å². The van der Waals surface area contributed by atoms with Crippen molar-refractivity contribution in [3.05, 3.63) is 48.0 Å². The number of H-pyrrole nitrogens is 1. The fourth-order valence-corrected chi connectivity index (χ4v) is 14.4. The van der Waals surface area contributed by atoms with Crippen molar-refractivity contribution in [1.29, 1.82) is 0 Å². The lowest BCUT2D eigenvalue weighted by Crippen LogP contribution is -2.37. The maximum atomic E-state index is 11.6. The molecule has 2 aromatic heterocycles. The van der Waals surface area contributed by atoms with Gasteiger partial charge in [0, 0.05) is 173 Å². The minimum absolute atomic E-state index is 0. The molecule has 1 unspecified atom stereocenters. The third-order valence-electron chi connectivity index (χ3n) is 21.2. The second-order valence-electron chi connectivity index (χ2n) is 34.3. The van der Waals surface area contributed by atoms with Gasteiger partial charge in [0.05, 0.1) is 32.6 Å². The number of piperidine rings is 1. The van der Waals surface area contributed by atoms with Crippen LogP contribution in [0.4, 0.5) is 0 Å². The molecule has 2 aliphatic carbocycles. The van der Waals surface area contributed by atoms with E-state index in [0.29, 0.717) is 107 Å². The van der Waals surface area contributed by atoms with Crippen molar-refractivity contribution in [2.24, 2.45) is 88.8 Å². The molecule has 0 amide bonds. The Morgan fingerprint density at radius 1 is 0.450 bits per heavy atom. The van der Waals surface area contributed by atoms with Crippen molar-refractivity contribution in [3.8, 4) is 0 Å². The van der Waals surface area contributed by atoms with Gasteiger partial charge in [0.1, 0.15) is 52.0 Å². The second-order valence-corrected chi connectivity index (χ2v) is 37.1. The van der Waals surface area contributed by atoms with Gasteiger partial charge in [-0.2, -0.15) is 5.10 Å². The lowest BCUT2D eigenvalue weighted by atomic mass is 9.84. The fourth-order valence-electron chi connectivity index (χ4n) is 12.6. The smallest absolute Gasteiger partial charge is 0.139 e. The quantitative estimate of drug-likeness (QED) is 0.0689. The van der Waals surface area contributed by atoms with Crippen molar-refractivity contribution in [1.82, 2.24) is 25.4 Å². The molecule has 2 saturated carbocycles. The highest BCUT2D eigenvalue weighted by molar-refractivity contribution is 8.00. The Morgan fingerprint density at radius 2 is 0.844 bits per heavy atom. The van der Waals surface area contributed by atoms with E-state index >= 15 is 0 Å². The Morgan fingerprint density at radius 3 is 1.22 bits per heavy atom. The molecule has 0 spiro atoms. The summed E-state index contributed by atoms with van der Waals surface area (Å²) in [4.78, 5) is 108. The summed E-state index contributed by atoms with van der Waals surface area (Å²) in [6.45, 7) is 45.5. The average molecular weight is 1550 g/mol. The molecular weight excluding hydrogens is 1390 g/mol. The number of pyridine rings is 1. The number of rotatable bonds is 30. The number of hydrogen-bond donors (Lipinski definition) is 2. The molecule has 2 N–H and O–H groups in total. The van der Waals surface area contributed by atoms with E-state index in [1.54, 1.807) is 18.6 Å². The molecule has 7 fully saturated rings. The number of aromatic nitrogens is 3. The molecule has 5 aliphatic heterocycles. The van der Waals surface area contributed by atoms with E-state index in [9.17, 15) is 47.4 Å². The number of Topliss-reactive ketones (excluding diaryl/α,β-unsaturated/α-hetero) is 9. The van der Waals surface area contributed by atoms with Crippen LogP contribution in [0.25, 0.3) is 0 Å². The number of morpholine rings is 1. The van der Waals surface area contributed by atoms with E-state index in [1.165, 1.54) is 70.6 Å². The van der Waals surface area contributed by atoms with E-state index in [1.807, 2.05) is 143 Å². The Hall–Kier alpha value is -4.79. The Labute approximate surface area is 664 Å². The summed E-state index contributed by atoms with van der Waals surface area (Å²) in [5, 5.41) is 9.74. The number of aryl methyl sites for hydroxylation is 1. The van der Waals surface area contributed by atoms with Crippen molar-refractivity contribution in [3.63, 3.8) is 0 Å². The summed E-state index contributed by atoms with van der Waals surface area (Å²) in [5.74, 6) is 13.8. The van der Waals surface area contributed by atoms with Crippen LogP contribution >= 0.6 is 0 Å². The predicted molar refractivity (Wildman–Crippen MR) is 449 cm³/mol. The number of carbonyl (C=O) groups is 9. The van der Waals surface area contributed by atoms with Gasteiger partial charge in [-0.15, -0.1) is 0 Å². The van der Waals surface area contributed by atoms with Crippen molar-refractivity contribution >= 4 is 67.4 Å². The van der Waals surface area contributed by atoms with E-state index in [-0.39, 0.29) is 66.5 Å². The SMILES string of the molecule is C.C=S1(=O)CCC(CC(=O)C(C)C)CC1.CC(C)C(=O)CC1CCCC1.CC(C)C(=O)CC1CCCCC1.CC(C)C(=O)CC1CCNCC1.CC(C)C(=O)CC1CCOC1.CC(C)C(=O)CC1COC1.CC(C)C(=O)CCCN1CCOCC1.CC(C)C(=O)CCc1cccnc1.CC(C)C(=O)Cc1cn[nH]c1.